The lowest BCUT2D eigenvalue weighted by Gasteiger charge is -2.37. The van der Waals surface area contributed by atoms with Crippen molar-refractivity contribution in [2.75, 3.05) is 13.1 Å². The van der Waals surface area contributed by atoms with Crippen LogP contribution in [-0.2, 0) is 0 Å². The Morgan fingerprint density at radius 1 is 0.412 bits per heavy atom. The molecule has 0 saturated heterocycles. The van der Waals surface area contributed by atoms with Gasteiger partial charge in [0, 0.05) is 35.1 Å². The van der Waals surface area contributed by atoms with Crippen LogP contribution < -0.4 is 0 Å². The van der Waals surface area contributed by atoms with Crippen molar-refractivity contribution in [2.24, 2.45) is 33.7 Å². The normalized spacial score (nSPS) is 39.3. The highest BCUT2D eigenvalue weighted by molar-refractivity contribution is 5.91. The lowest BCUT2D eigenvalue weighted by atomic mass is 9.73. The van der Waals surface area contributed by atoms with Gasteiger partial charge in [-0.05, 0) is 51.4 Å². The maximum Gasteiger partial charge on any atom is 0.0620 e. The van der Waals surface area contributed by atoms with Crippen molar-refractivity contribution in [2.45, 2.75) is 127 Å². The van der Waals surface area contributed by atoms with Crippen LogP contribution >= 0.6 is 0 Å². The molecule has 0 aromatic heterocycles. The van der Waals surface area contributed by atoms with Gasteiger partial charge >= 0.3 is 0 Å². The number of nitrogens with zero attached hydrogens (tertiary/aromatic N) is 2. The SMILES string of the molecule is OC1CCCCC1C(=NCCN=C(C1CCCCC1O)C1CCCCC1O)C1CCCCC1O. The first-order valence-corrected chi connectivity index (χ1v) is 14.4. The Kier molecular flexibility index (Phi) is 9.99. The van der Waals surface area contributed by atoms with Gasteiger partial charge in [0.2, 0.25) is 0 Å². The second kappa shape index (κ2) is 12.9. The van der Waals surface area contributed by atoms with Gasteiger partial charge in [-0.3, -0.25) is 9.98 Å². The Morgan fingerprint density at radius 3 is 0.882 bits per heavy atom. The van der Waals surface area contributed by atoms with E-state index in [-0.39, 0.29) is 48.1 Å². The summed E-state index contributed by atoms with van der Waals surface area (Å²) in [5.41, 5.74) is 2.07. The third-order valence-corrected chi connectivity index (χ3v) is 9.13. The maximum atomic E-state index is 10.8. The molecule has 8 unspecified atom stereocenters. The van der Waals surface area contributed by atoms with Crippen LogP contribution in [0.15, 0.2) is 9.98 Å². The van der Waals surface area contributed by atoms with E-state index in [1.54, 1.807) is 0 Å². The topological polar surface area (TPSA) is 106 Å². The maximum absolute atomic E-state index is 10.8. The number of aliphatic imine (C=N–C) groups is 2. The summed E-state index contributed by atoms with van der Waals surface area (Å²) < 4.78 is 0. The van der Waals surface area contributed by atoms with Crippen molar-refractivity contribution in [1.29, 1.82) is 0 Å². The zero-order valence-corrected chi connectivity index (χ0v) is 21.0. The van der Waals surface area contributed by atoms with E-state index < -0.39 is 0 Å². The van der Waals surface area contributed by atoms with Crippen molar-refractivity contribution in [3.8, 4) is 0 Å². The summed E-state index contributed by atoms with van der Waals surface area (Å²) in [5.74, 6) is 0.260. The highest BCUT2D eigenvalue weighted by Gasteiger charge is 2.37. The molecule has 6 nitrogen and oxygen atoms in total. The Labute approximate surface area is 206 Å². The second-order valence-electron chi connectivity index (χ2n) is 11.4. The molecule has 4 fully saturated rings. The van der Waals surface area contributed by atoms with E-state index in [9.17, 15) is 20.4 Å². The summed E-state index contributed by atoms with van der Waals surface area (Å²) in [5, 5.41) is 43.0. The molecule has 0 amide bonds. The zero-order valence-electron chi connectivity index (χ0n) is 21.0. The summed E-state index contributed by atoms with van der Waals surface area (Å²) in [6.07, 6.45) is 14.5. The van der Waals surface area contributed by atoms with Crippen molar-refractivity contribution in [1.82, 2.24) is 0 Å². The van der Waals surface area contributed by atoms with Gasteiger partial charge in [-0.1, -0.05) is 51.4 Å². The summed E-state index contributed by atoms with van der Waals surface area (Å²) in [4.78, 5) is 10.1. The van der Waals surface area contributed by atoms with Gasteiger partial charge in [0.1, 0.15) is 0 Å². The number of hydrogen-bond donors (Lipinski definition) is 4. The van der Waals surface area contributed by atoms with Gasteiger partial charge in [0.15, 0.2) is 0 Å². The van der Waals surface area contributed by atoms with E-state index in [2.05, 4.69) is 0 Å². The molecule has 4 rings (SSSR count). The molecule has 6 heteroatoms. The largest absolute Gasteiger partial charge is 0.392 e. The summed E-state index contributed by atoms with van der Waals surface area (Å²) in [7, 11) is 0. The minimum absolute atomic E-state index is 0.0651. The van der Waals surface area contributed by atoms with Gasteiger partial charge in [-0.15, -0.1) is 0 Å². The van der Waals surface area contributed by atoms with Crippen LogP contribution in [0.25, 0.3) is 0 Å². The van der Waals surface area contributed by atoms with Crippen LogP contribution in [0, 0.1) is 23.7 Å². The molecule has 4 N–H and O–H groups in total. The quantitative estimate of drug-likeness (QED) is 0.328. The van der Waals surface area contributed by atoms with E-state index in [0.717, 1.165) is 114 Å². The van der Waals surface area contributed by atoms with Crippen molar-refractivity contribution in [3.63, 3.8) is 0 Å². The standard InChI is InChI=1S/C28H48N2O4/c31-23-13-5-1-9-19(23)27(20-10-2-6-14-24(20)32)29-17-18-30-28(21-11-3-7-15-25(21)33)22-12-4-8-16-26(22)34/h19-26,31-34H,1-18H2. The van der Waals surface area contributed by atoms with Crippen molar-refractivity contribution in [3.05, 3.63) is 0 Å². The fourth-order valence-electron chi connectivity index (χ4n) is 7.20. The lowest BCUT2D eigenvalue weighted by Crippen LogP contribution is -2.42. The monoisotopic (exact) mass is 476 g/mol. The zero-order chi connectivity index (χ0) is 23.9. The number of aliphatic hydroxyl groups is 4. The highest BCUT2D eigenvalue weighted by Crippen LogP contribution is 2.36. The molecular weight excluding hydrogens is 428 g/mol. The van der Waals surface area contributed by atoms with E-state index in [4.69, 9.17) is 9.98 Å². The van der Waals surface area contributed by atoms with Crippen LogP contribution in [0.2, 0.25) is 0 Å². The fraction of sp³-hybridized carbons (Fsp3) is 0.929. The fourth-order valence-corrected chi connectivity index (χ4v) is 7.20. The first kappa shape index (κ1) is 26.2. The molecule has 4 aliphatic rings. The predicted molar refractivity (Wildman–Crippen MR) is 136 cm³/mol. The number of aliphatic hydroxyl groups excluding tert-OH is 4. The highest BCUT2D eigenvalue weighted by atomic mass is 16.3. The number of hydrogen-bond acceptors (Lipinski definition) is 6. The average molecular weight is 477 g/mol. The molecule has 0 aliphatic heterocycles. The van der Waals surface area contributed by atoms with Gasteiger partial charge in [-0.25, -0.2) is 0 Å². The van der Waals surface area contributed by atoms with Crippen LogP contribution in [0.5, 0.6) is 0 Å². The van der Waals surface area contributed by atoms with E-state index in [0.29, 0.717) is 13.1 Å². The molecule has 0 spiro atoms. The Balaban J connectivity index is 1.51. The molecule has 194 valence electrons. The Morgan fingerprint density at radius 2 is 0.647 bits per heavy atom. The minimum atomic E-state index is -0.351. The van der Waals surface area contributed by atoms with Crippen LogP contribution in [0.3, 0.4) is 0 Å². The summed E-state index contributed by atoms with van der Waals surface area (Å²) >= 11 is 0. The Bertz CT molecular complexity index is 590. The average Bonchev–Trinajstić information content (AvgIpc) is 2.84. The molecule has 0 radical (unpaired) electrons. The molecule has 0 aromatic rings. The second-order valence-corrected chi connectivity index (χ2v) is 11.4. The van der Waals surface area contributed by atoms with E-state index in [1.807, 2.05) is 0 Å². The van der Waals surface area contributed by atoms with Crippen LogP contribution in [-0.4, -0.2) is 69.4 Å². The molecule has 4 saturated carbocycles. The third kappa shape index (κ3) is 6.48. The van der Waals surface area contributed by atoms with Gasteiger partial charge in [0.25, 0.3) is 0 Å². The lowest BCUT2D eigenvalue weighted by molar-refractivity contribution is 0.0767. The van der Waals surface area contributed by atoms with Crippen molar-refractivity contribution < 1.29 is 20.4 Å². The first-order chi connectivity index (χ1) is 16.6. The first-order valence-electron chi connectivity index (χ1n) is 14.4. The molecule has 8 atom stereocenters. The summed E-state index contributed by atoms with van der Waals surface area (Å²) in [6.45, 7) is 1.10. The minimum Gasteiger partial charge on any atom is -0.392 e. The van der Waals surface area contributed by atoms with Crippen molar-refractivity contribution >= 4 is 11.4 Å². The van der Waals surface area contributed by atoms with Gasteiger partial charge in [0.05, 0.1) is 37.5 Å². The third-order valence-electron chi connectivity index (χ3n) is 9.13. The molecule has 4 aliphatic carbocycles. The van der Waals surface area contributed by atoms with Gasteiger partial charge < -0.3 is 20.4 Å². The summed E-state index contributed by atoms with van der Waals surface area (Å²) in [6, 6.07) is 0. The van der Waals surface area contributed by atoms with E-state index >= 15 is 0 Å². The van der Waals surface area contributed by atoms with Crippen LogP contribution in [0.4, 0.5) is 0 Å². The smallest absolute Gasteiger partial charge is 0.0620 e. The molecule has 0 heterocycles. The number of rotatable bonds is 7. The predicted octanol–water partition coefficient (Wildman–Crippen LogP) is 4.07. The molecule has 34 heavy (non-hydrogen) atoms. The Hall–Kier alpha value is -0.820. The molecule has 0 bridgehead atoms. The van der Waals surface area contributed by atoms with Gasteiger partial charge in [-0.2, -0.15) is 0 Å². The molecular formula is C28H48N2O4. The van der Waals surface area contributed by atoms with Crippen LogP contribution in [0.1, 0.15) is 103 Å². The van der Waals surface area contributed by atoms with E-state index in [1.165, 1.54) is 0 Å². The molecule has 0 aromatic carbocycles.